The van der Waals surface area contributed by atoms with E-state index in [0.717, 1.165) is 38.5 Å². The van der Waals surface area contributed by atoms with Crippen molar-refractivity contribution in [1.82, 2.24) is 10.6 Å². The fraction of sp³-hybridized carbons (Fsp3) is 0.933. The maximum Gasteiger partial charge on any atom is 0.220 e. The number of hydrogen-bond donors (Lipinski definition) is 2. The van der Waals surface area contributed by atoms with Gasteiger partial charge in [0.1, 0.15) is 0 Å². The lowest BCUT2D eigenvalue weighted by Gasteiger charge is -2.20. The van der Waals surface area contributed by atoms with E-state index >= 15 is 0 Å². The van der Waals surface area contributed by atoms with Crippen molar-refractivity contribution in [2.45, 2.75) is 179 Å². The van der Waals surface area contributed by atoms with Crippen LogP contribution in [0.25, 0.3) is 0 Å². The van der Waals surface area contributed by atoms with Crippen LogP contribution in [0.3, 0.4) is 0 Å². The normalized spacial score (nSPS) is 21.8. The second kappa shape index (κ2) is 20.2. The lowest BCUT2D eigenvalue weighted by atomic mass is 9.97. The standard InChI is InChI=1S/C30H56N2O2/c33-29(31-27-21-15-11-7-3-1-4-8-12-16-22-27)25-19-20-26-30(34)32-28-23-17-13-9-5-2-6-10-14-18-24-28/h27-28H,1-26H2,(H,31,33)(H,32,34). The zero-order chi connectivity index (χ0) is 24.1. The molecule has 2 saturated carbocycles. The van der Waals surface area contributed by atoms with Crippen LogP contribution in [0, 0.1) is 0 Å². The molecular formula is C30H56N2O2. The fourth-order valence-corrected chi connectivity index (χ4v) is 5.79. The number of amides is 2. The maximum atomic E-state index is 12.5. The number of hydrogen-bond acceptors (Lipinski definition) is 2. The number of carbonyl (C=O) groups is 2. The third-order valence-electron chi connectivity index (χ3n) is 8.00. The van der Waals surface area contributed by atoms with Gasteiger partial charge in [0.25, 0.3) is 0 Å². The molecular weight excluding hydrogens is 420 g/mol. The second-order valence-electron chi connectivity index (χ2n) is 11.3. The molecule has 2 fully saturated rings. The molecule has 2 aliphatic rings. The Bertz CT molecular complexity index is 452. The van der Waals surface area contributed by atoms with Crippen LogP contribution in [-0.2, 0) is 9.59 Å². The quantitative estimate of drug-likeness (QED) is 0.364. The monoisotopic (exact) mass is 476 g/mol. The molecule has 2 amide bonds. The highest BCUT2D eigenvalue weighted by Gasteiger charge is 2.15. The lowest BCUT2D eigenvalue weighted by molar-refractivity contribution is -0.123. The van der Waals surface area contributed by atoms with Crippen LogP contribution < -0.4 is 10.6 Å². The Balaban J connectivity index is 1.59. The van der Waals surface area contributed by atoms with Crippen molar-refractivity contribution in [1.29, 1.82) is 0 Å². The van der Waals surface area contributed by atoms with Crippen molar-refractivity contribution in [2.24, 2.45) is 0 Å². The van der Waals surface area contributed by atoms with E-state index in [1.807, 2.05) is 0 Å². The van der Waals surface area contributed by atoms with Crippen LogP contribution in [-0.4, -0.2) is 23.9 Å². The summed E-state index contributed by atoms with van der Waals surface area (Å²) in [5, 5.41) is 6.64. The summed E-state index contributed by atoms with van der Waals surface area (Å²) < 4.78 is 0. The molecule has 0 aromatic heterocycles. The van der Waals surface area contributed by atoms with E-state index in [9.17, 15) is 9.59 Å². The number of nitrogens with one attached hydrogen (secondary N) is 2. The predicted molar refractivity (Wildman–Crippen MR) is 144 cm³/mol. The van der Waals surface area contributed by atoms with E-state index < -0.39 is 0 Å². The van der Waals surface area contributed by atoms with Crippen LogP contribution in [0.15, 0.2) is 0 Å². The van der Waals surface area contributed by atoms with Gasteiger partial charge < -0.3 is 10.6 Å². The van der Waals surface area contributed by atoms with Crippen molar-refractivity contribution >= 4 is 11.8 Å². The molecule has 0 heterocycles. The third-order valence-corrected chi connectivity index (χ3v) is 8.00. The molecule has 0 bridgehead atoms. The van der Waals surface area contributed by atoms with Crippen LogP contribution >= 0.6 is 0 Å². The van der Waals surface area contributed by atoms with Gasteiger partial charge in [-0.1, -0.05) is 116 Å². The minimum absolute atomic E-state index is 0.191. The van der Waals surface area contributed by atoms with Gasteiger partial charge in [-0.2, -0.15) is 0 Å². The first-order chi connectivity index (χ1) is 16.7. The van der Waals surface area contributed by atoms with Crippen molar-refractivity contribution in [2.75, 3.05) is 0 Å². The molecule has 0 unspecified atom stereocenters. The predicted octanol–water partition coefficient (Wildman–Crippen LogP) is 8.13. The van der Waals surface area contributed by atoms with Crippen molar-refractivity contribution in [3.05, 3.63) is 0 Å². The van der Waals surface area contributed by atoms with Crippen molar-refractivity contribution < 1.29 is 9.59 Å². The number of unbranched alkanes of at least 4 members (excludes halogenated alkanes) is 1. The highest BCUT2D eigenvalue weighted by atomic mass is 16.2. The molecule has 0 radical (unpaired) electrons. The molecule has 34 heavy (non-hydrogen) atoms. The first-order valence-corrected chi connectivity index (χ1v) is 15.3. The first-order valence-electron chi connectivity index (χ1n) is 15.3. The Hall–Kier alpha value is -1.06. The zero-order valence-corrected chi connectivity index (χ0v) is 22.4. The number of rotatable bonds is 7. The largest absolute Gasteiger partial charge is 0.353 e. The van der Waals surface area contributed by atoms with Crippen molar-refractivity contribution in [3.63, 3.8) is 0 Å². The van der Waals surface area contributed by atoms with Gasteiger partial charge in [0.15, 0.2) is 0 Å². The topological polar surface area (TPSA) is 58.2 Å². The minimum Gasteiger partial charge on any atom is -0.353 e. The summed E-state index contributed by atoms with van der Waals surface area (Å²) in [6, 6.07) is 0.715. The van der Waals surface area contributed by atoms with Crippen LogP contribution in [0.4, 0.5) is 0 Å². The smallest absolute Gasteiger partial charge is 0.220 e. The molecule has 0 aliphatic heterocycles. The Morgan fingerprint density at radius 3 is 0.912 bits per heavy atom. The van der Waals surface area contributed by atoms with E-state index in [0.29, 0.717) is 24.9 Å². The van der Waals surface area contributed by atoms with Crippen LogP contribution in [0.2, 0.25) is 0 Å². The average molecular weight is 477 g/mol. The van der Waals surface area contributed by atoms with Gasteiger partial charge in [-0.05, 0) is 38.5 Å². The second-order valence-corrected chi connectivity index (χ2v) is 11.3. The van der Waals surface area contributed by atoms with Gasteiger partial charge in [0, 0.05) is 24.9 Å². The summed E-state index contributed by atoms with van der Waals surface area (Å²) in [6.07, 6.45) is 31.2. The summed E-state index contributed by atoms with van der Waals surface area (Å²) in [5.74, 6) is 0.383. The molecule has 0 aromatic rings. The van der Waals surface area contributed by atoms with E-state index in [-0.39, 0.29) is 11.8 Å². The van der Waals surface area contributed by atoms with E-state index in [2.05, 4.69) is 10.6 Å². The zero-order valence-electron chi connectivity index (χ0n) is 22.4. The van der Waals surface area contributed by atoms with E-state index in [4.69, 9.17) is 0 Å². The molecule has 4 nitrogen and oxygen atoms in total. The highest BCUT2D eigenvalue weighted by Crippen LogP contribution is 2.18. The van der Waals surface area contributed by atoms with Gasteiger partial charge in [-0.3, -0.25) is 9.59 Å². The van der Waals surface area contributed by atoms with Crippen molar-refractivity contribution in [3.8, 4) is 0 Å². The molecule has 0 aromatic carbocycles. The Kier molecular flexibility index (Phi) is 17.3. The Morgan fingerprint density at radius 1 is 0.412 bits per heavy atom. The molecule has 0 atom stereocenters. The van der Waals surface area contributed by atoms with E-state index in [1.165, 1.54) is 116 Å². The lowest BCUT2D eigenvalue weighted by Crippen LogP contribution is -2.35. The average Bonchev–Trinajstić information content (AvgIpc) is 2.80. The molecule has 2 rings (SSSR count). The maximum absolute atomic E-state index is 12.5. The summed E-state index contributed by atoms with van der Waals surface area (Å²) >= 11 is 0. The van der Waals surface area contributed by atoms with Crippen LogP contribution in [0.1, 0.15) is 167 Å². The van der Waals surface area contributed by atoms with Gasteiger partial charge >= 0.3 is 0 Å². The van der Waals surface area contributed by atoms with Gasteiger partial charge in [-0.25, -0.2) is 0 Å². The summed E-state index contributed by atoms with van der Waals surface area (Å²) in [4.78, 5) is 25.0. The Morgan fingerprint density at radius 2 is 0.647 bits per heavy atom. The van der Waals surface area contributed by atoms with E-state index in [1.54, 1.807) is 0 Å². The Labute approximate surface area is 211 Å². The molecule has 0 spiro atoms. The van der Waals surface area contributed by atoms with Gasteiger partial charge in [0.2, 0.25) is 11.8 Å². The fourth-order valence-electron chi connectivity index (χ4n) is 5.79. The molecule has 2 aliphatic carbocycles. The minimum atomic E-state index is 0.191. The third kappa shape index (κ3) is 15.8. The van der Waals surface area contributed by atoms with Gasteiger partial charge in [-0.15, -0.1) is 0 Å². The molecule has 2 N–H and O–H groups in total. The highest BCUT2D eigenvalue weighted by molar-refractivity contribution is 5.77. The summed E-state index contributed by atoms with van der Waals surface area (Å²) in [7, 11) is 0. The van der Waals surface area contributed by atoms with Crippen LogP contribution in [0.5, 0.6) is 0 Å². The van der Waals surface area contributed by atoms with Gasteiger partial charge in [0.05, 0.1) is 0 Å². The first kappa shape index (κ1) is 29.2. The SMILES string of the molecule is O=C(CCCCC(=O)NC1CCCCCCCCCCC1)NC1CCCCCCCCCCC1. The molecule has 4 heteroatoms. The number of carbonyl (C=O) groups excluding carboxylic acids is 2. The summed E-state index contributed by atoms with van der Waals surface area (Å²) in [6.45, 7) is 0. The molecule has 0 saturated heterocycles. The molecule has 198 valence electrons. The summed E-state index contributed by atoms with van der Waals surface area (Å²) in [5.41, 5.74) is 0.